The molecule has 1 fully saturated rings. The number of ether oxygens (including phenoxy) is 1. The molecule has 1 amide bonds. The quantitative estimate of drug-likeness (QED) is 0.828. The number of para-hydroxylation sites is 1. The Bertz CT molecular complexity index is 701. The van der Waals surface area contributed by atoms with E-state index in [1.807, 2.05) is 23.1 Å². The van der Waals surface area contributed by atoms with Gasteiger partial charge in [0.1, 0.15) is 5.75 Å². The maximum atomic E-state index is 12.3. The number of nitrogens with zero attached hydrogens (tertiary/aromatic N) is 2. The fourth-order valence-electron chi connectivity index (χ4n) is 2.66. The summed E-state index contributed by atoms with van der Waals surface area (Å²) in [6, 6.07) is 15.2. The molecule has 0 unspecified atom stereocenters. The van der Waals surface area contributed by atoms with E-state index in [1.54, 1.807) is 18.2 Å². The van der Waals surface area contributed by atoms with Gasteiger partial charge in [-0.3, -0.25) is 4.79 Å². The van der Waals surface area contributed by atoms with Gasteiger partial charge in [0.15, 0.2) is 6.61 Å². The Balaban J connectivity index is 1.49. The number of carbonyl (C=O) groups is 1. The predicted octanol–water partition coefficient (Wildman–Crippen LogP) is 3.72. The topological polar surface area (TPSA) is 32.8 Å². The fraction of sp³-hybridized carbons (Fsp3) is 0.278. The molecule has 0 saturated carbocycles. The molecular formula is C18H18Cl2N2O2. The number of rotatable bonds is 4. The molecule has 3 rings (SSSR count). The number of benzene rings is 2. The highest BCUT2D eigenvalue weighted by molar-refractivity contribution is 6.42. The summed E-state index contributed by atoms with van der Waals surface area (Å²) in [6.07, 6.45) is 0. The van der Waals surface area contributed by atoms with E-state index in [1.165, 1.54) is 5.69 Å². The van der Waals surface area contributed by atoms with Crippen LogP contribution >= 0.6 is 23.2 Å². The summed E-state index contributed by atoms with van der Waals surface area (Å²) < 4.78 is 5.52. The van der Waals surface area contributed by atoms with Crippen molar-refractivity contribution in [3.8, 4) is 5.75 Å². The van der Waals surface area contributed by atoms with E-state index in [9.17, 15) is 4.79 Å². The van der Waals surface area contributed by atoms with Crippen molar-refractivity contribution in [2.45, 2.75) is 0 Å². The minimum Gasteiger partial charge on any atom is -0.484 e. The summed E-state index contributed by atoms with van der Waals surface area (Å²) in [7, 11) is 0. The lowest BCUT2D eigenvalue weighted by atomic mass is 10.2. The van der Waals surface area contributed by atoms with Crippen LogP contribution in [0.5, 0.6) is 5.75 Å². The minimum absolute atomic E-state index is 0.00327. The number of hydrogen-bond donors (Lipinski definition) is 0. The first-order chi connectivity index (χ1) is 11.6. The van der Waals surface area contributed by atoms with E-state index in [4.69, 9.17) is 27.9 Å². The van der Waals surface area contributed by atoms with Crippen molar-refractivity contribution in [1.82, 2.24) is 4.90 Å². The number of amides is 1. The van der Waals surface area contributed by atoms with Crippen molar-refractivity contribution in [2.75, 3.05) is 37.7 Å². The van der Waals surface area contributed by atoms with Crippen LogP contribution in [0, 0.1) is 0 Å². The first kappa shape index (κ1) is 16.9. The Hall–Kier alpha value is -1.91. The molecule has 2 aromatic rings. The second-order valence-electron chi connectivity index (χ2n) is 5.57. The molecule has 0 aliphatic carbocycles. The van der Waals surface area contributed by atoms with E-state index in [-0.39, 0.29) is 12.5 Å². The Morgan fingerprint density at radius 1 is 0.958 bits per heavy atom. The standard InChI is InChI=1S/C18H18Cl2N2O2/c19-16-7-6-15(12-17(16)20)24-13-18(23)22-10-8-21(9-11-22)14-4-2-1-3-5-14/h1-7,12H,8-11,13H2. The van der Waals surface area contributed by atoms with Gasteiger partial charge in [-0.2, -0.15) is 0 Å². The lowest BCUT2D eigenvalue weighted by molar-refractivity contribution is -0.133. The van der Waals surface area contributed by atoms with Gasteiger partial charge >= 0.3 is 0 Å². The van der Waals surface area contributed by atoms with Crippen LogP contribution in [0.3, 0.4) is 0 Å². The van der Waals surface area contributed by atoms with Crippen LogP contribution in [0.25, 0.3) is 0 Å². The average Bonchev–Trinajstić information content (AvgIpc) is 2.63. The molecule has 0 bridgehead atoms. The van der Waals surface area contributed by atoms with Crippen LogP contribution in [-0.4, -0.2) is 43.6 Å². The zero-order chi connectivity index (χ0) is 16.9. The van der Waals surface area contributed by atoms with Crippen molar-refractivity contribution < 1.29 is 9.53 Å². The van der Waals surface area contributed by atoms with E-state index in [0.29, 0.717) is 28.9 Å². The lowest BCUT2D eigenvalue weighted by Crippen LogP contribution is -2.50. The summed E-state index contributed by atoms with van der Waals surface area (Å²) in [5, 5.41) is 0.880. The van der Waals surface area contributed by atoms with Gasteiger partial charge in [-0.1, -0.05) is 41.4 Å². The highest BCUT2D eigenvalue weighted by atomic mass is 35.5. The minimum atomic E-state index is -0.0196. The third kappa shape index (κ3) is 4.13. The molecular weight excluding hydrogens is 347 g/mol. The summed E-state index contributed by atoms with van der Waals surface area (Å²) in [5.74, 6) is 0.523. The number of carbonyl (C=O) groups excluding carboxylic acids is 1. The molecule has 4 nitrogen and oxygen atoms in total. The monoisotopic (exact) mass is 364 g/mol. The first-order valence-corrected chi connectivity index (χ1v) is 8.55. The van der Waals surface area contributed by atoms with E-state index in [0.717, 1.165) is 13.1 Å². The number of piperazine rings is 1. The van der Waals surface area contributed by atoms with Gasteiger partial charge in [0.05, 0.1) is 10.0 Å². The van der Waals surface area contributed by atoms with Gasteiger partial charge in [0.25, 0.3) is 5.91 Å². The molecule has 1 saturated heterocycles. The smallest absolute Gasteiger partial charge is 0.260 e. The Morgan fingerprint density at radius 2 is 1.67 bits per heavy atom. The normalized spacial score (nSPS) is 14.6. The van der Waals surface area contributed by atoms with Crippen LogP contribution in [0.2, 0.25) is 10.0 Å². The van der Waals surface area contributed by atoms with Crippen LogP contribution in [0.4, 0.5) is 5.69 Å². The zero-order valence-corrected chi connectivity index (χ0v) is 14.6. The number of hydrogen-bond acceptors (Lipinski definition) is 3. The molecule has 0 atom stereocenters. The highest BCUT2D eigenvalue weighted by Gasteiger charge is 2.21. The summed E-state index contributed by atoms with van der Waals surface area (Å²) in [6.45, 7) is 3.03. The average molecular weight is 365 g/mol. The van der Waals surface area contributed by atoms with Crippen molar-refractivity contribution in [1.29, 1.82) is 0 Å². The number of halogens is 2. The Labute approximate surface area is 151 Å². The second-order valence-corrected chi connectivity index (χ2v) is 6.38. The molecule has 24 heavy (non-hydrogen) atoms. The molecule has 0 radical (unpaired) electrons. The van der Waals surface area contributed by atoms with Gasteiger partial charge in [-0.15, -0.1) is 0 Å². The van der Waals surface area contributed by atoms with Gasteiger partial charge in [-0.25, -0.2) is 0 Å². The molecule has 2 aromatic carbocycles. The summed E-state index contributed by atoms with van der Waals surface area (Å²) >= 11 is 11.8. The highest BCUT2D eigenvalue weighted by Crippen LogP contribution is 2.26. The van der Waals surface area contributed by atoms with Crippen LogP contribution in [0.15, 0.2) is 48.5 Å². The SMILES string of the molecule is O=C(COc1ccc(Cl)c(Cl)c1)N1CCN(c2ccccc2)CC1. The molecule has 6 heteroatoms. The Kier molecular flexibility index (Phi) is 5.48. The summed E-state index contributed by atoms with van der Waals surface area (Å²) in [4.78, 5) is 16.4. The first-order valence-electron chi connectivity index (χ1n) is 7.79. The predicted molar refractivity (Wildman–Crippen MR) is 97.2 cm³/mol. The van der Waals surface area contributed by atoms with Gasteiger partial charge in [0, 0.05) is 37.9 Å². The zero-order valence-electron chi connectivity index (χ0n) is 13.1. The third-order valence-corrected chi connectivity index (χ3v) is 4.75. The van der Waals surface area contributed by atoms with Crippen LogP contribution in [0.1, 0.15) is 0 Å². The van der Waals surface area contributed by atoms with E-state index < -0.39 is 0 Å². The van der Waals surface area contributed by atoms with E-state index in [2.05, 4.69) is 17.0 Å². The van der Waals surface area contributed by atoms with Gasteiger partial charge < -0.3 is 14.5 Å². The lowest BCUT2D eigenvalue weighted by Gasteiger charge is -2.36. The molecule has 1 heterocycles. The number of anilines is 1. The maximum Gasteiger partial charge on any atom is 0.260 e. The van der Waals surface area contributed by atoms with Crippen molar-refractivity contribution in [3.63, 3.8) is 0 Å². The van der Waals surface area contributed by atoms with Crippen molar-refractivity contribution in [2.24, 2.45) is 0 Å². The Morgan fingerprint density at radius 3 is 2.33 bits per heavy atom. The van der Waals surface area contributed by atoms with Crippen LogP contribution in [-0.2, 0) is 4.79 Å². The van der Waals surface area contributed by atoms with Gasteiger partial charge in [-0.05, 0) is 24.3 Å². The second kappa shape index (κ2) is 7.77. The van der Waals surface area contributed by atoms with Crippen LogP contribution < -0.4 is 9.64 Å². The van der Waals surface area contributed by atoms with Crippen molar-refractivity contribution >= 4 is 34.8 Å². The third-order valence-electron chi connectivity index (χ3n) is 4.01. The molecule has 0 spiro atoms. The van der Waals surface area contributed by atoms with Crippen molar-refractivity contribution in [3.05, 3.63) is 58.6 Å². The maximum absolute atomic E-state index is 12.3. The molecule has 1 aliphatic heterocycles. The van der Waals surface area contributed by atoms with Gasteiger partial charge in [0.2, 0.25) is 0 Å². The summed E-state index contributed by atoms with van der Waals surface area (Å²) in [5.41, 5.74) is 1.19. The van der Waals surface area contributed by atoms with E-state index >= 15 is 0 Å². The largest absolute Gasteiger partial charge is 0.484 e. The molecule has 0 N–H and O–H groups in total. The fourth-order valence-corrected chi connectivity index (χ4v) is 2.94. The molecule has 0 aromatic heterocycles. The molecule has 1 aliphatic rings. The molecule has 126 valence electrons.